The van der Waals surface area contributed by atoms with Crippen LogP contribution in [0.1, 0.15) is 44.6 Å². The zero-order chi connectivity index (χ0) is 19.9. The third-order valence-electron chi connectivity index (χ3n) is 4.95. The minimum atomic E-state index is -0.181. The van der Waals surface area contributed by atoms with Gasteiger partial charge in [-0.2, -0.15) is 0 Å². The van der Waals surface area contributed by atoms with Gasteiger partial charge in [0.2, 0.25) is 5.91 Å². The van der Waals surface area contributed by atoms with Crippen LogP contribution < -0.4 is 10.1 Å². The van der Waals surface area contributed by atoms with Crippen molar-refractivity contribution in [3.8, 4) is 5.75 Å². The molecule has 2 rings (SSSR count). The minimum absolute atomic E-state index is 0.0772. The minimum Gasteiger partial charge on any atom is -0.497 e. The van der Waals surface area contributed by atoms with Crippen LogP contribution in [-0.4, -0.2) is 36.0 Å². The third-order valence-corrected chi connectivity index (χ3v) is 5.85. The second kappa shape index (κ2) is 9.90. The van der Waals surface area contributed by atoms with Crippen LogP contribution in [0.3, 0.4) is 0 Å². The number of nitrogens with zero attached hydrogens (tertiary/aromatic N) is 1. The molecule has 0 fully saturated rings. The van der Waals surface area contributed by atoms with Gasteiger partial charge in [0.05, 0.1) is 13.7 Å². The van der Waals surface area contributed by atoms with Gasteiger partial charge in [-0.3, -0.25) is 9.69 Å². The summed E-state index contributed by atoms with van der Waals surface area (Å²) in [5, 5.41) is 5.26. The summed E-state index contributed by atoms with van der Waals surface area (Å²) in [4.78, 5) is 16.3. The molecule has 0 bridgehead atoms. The second-order valence-corrected chi connectivity index (χ2v) is 8.70. The first kappa shape index (κ1) is 21.5. The molecule has 1 aromatic carbocycles. The van der Waals surface area contributed by atoms with E-state index in [0.717, 1.165) is 25.1 Å². The van der Waals surface area contributed by atoms with Crippen molar-refractivity contribution < 1.29 is 9.53 Å². The lowest BCUT2D eigenvalue weighted by Gasteiger charge is -2.31. The SMILES string of the molecule is CCC(C)(C)NC(=O)CN(Cc1ccc(OC)cc1)C(C)Cc1cccs1. The number of ether oxygens (including phenoxy) is 1. The van der Waals surface area contributed by atoms with Gasteiger partial charge in [-0.25, -0.2) is 0 Å². The molecule has 27 heavy (non-hydrogen) atoms. The molecule has 1 N–H and O–H groups in total. The van der Waals surface area contributed by atoms with E-state index in [1.54, 1.807) is 18.4 Å². The van der Waals surface area contributed by atoms with Crippen LogP contribution in [0.2, 0.25) is 0 Å². The fourth-order valence-corrected chi connectivity index (χ4v) is 3.70. The molecule has 0 saturated heterocycles. The maximum atomic E-state index is 12.7. The fourth-order valence-electron chi connectivity index (χ4n) is 2.87. The fraction of sp³-hybridized carbons (Fsp3) is 0.500. The molecule has 5 heteroatoms. The Morgan fingerprint density at radius 3 is 2.52 bits per heavy atom. The summed E-state index contributed by atoms with van der Waals surface area (Å²) in [6.45, 7) is 9.54. The lowest BCUT2D eigenvalue weighted by atomic mass is 10.0. The van der Waals surface area contributed by atoms with E-state index in [2.05, 4.69) is 67.6 Å². The van der Waals surface area contributed by atoms with E-state index in [0.29, 0.717) is 6.54 Å². The number of nitrogens with one attached hydrogen (secondary N) is 1. The smallest absolute Gasteiger partial charge is 0.234 e. The number of carbonyl (C=O) groups is 1. The molecule has 4 nitrogen and oxygen atoms in total. The predicted octanol–water partition coefficient (Wildman–Crippen LogP) is 4.49. The quantitative estimate of drug-likeness (QED) is 0.652. The zero-order valence-corrected chi connectivity index (χ0v) is 17.9. The Balaban J connectivity index is 2.09. The molecular weight excluding hydrogens is 356 g/mol. The first-order valence-corrected chi connectivity index (χ1v) is 10.4. The lowest BCUT2D eigenvalue weighted by Crippen LogP contribution is -2.49. The predicted molar refractivity (Wildman–Crippen MR) is 113 cm³/mol. The molecule has 2 aromatic rings. The van der Waals surface area contributed by atoms with Crippen LogP contribution in [0, 0.1) is 0 Å². The van der Waals surface area contributed by atoms with Gasteiger partial charge in [0.1, 0.15) is 5.75 Å². The van der Waals surface area contributed by atoms with Gasteiger partial charge in [0.15, 0.2) is 0 Å². The summed E-state index contributed by atoms with van der Waals surface area (Å²) < 4.78 is 5.25. The molecule has 1 heterocycles. The largest absolute Gasteiger partial charge is 0.497 e. The molecule has 0 aliphatic carbocycles. The topological polar surface area (TPSA) is 41.6 Å². The number of benzene rings is 1. The number of carbonyl (C=O) groups excluding carboxylic acids is 1. The van der Waals surface area contributed by atoms with Crippen LogP contribution in [0.15, 0.2) is 41.8 Å². The first-order valence-electron chi connectivity index (χ1n) is 9.53. The summed E-state index contributed by atoms with van der Waals surface area (Å²) in [5.41, 5.74) is 0.997. The van der Waals surface area contributed by atoms with Crippen molar-refractivity contribution in [3.63, 3.8) is 0 Å². The first-order chi connectivity index (χ1) is 12.8. The van der Waals surface area contributed by atoms with E-state index in [1.165, 1.54) is 10.4 Å². The Kier molecular flexibility index (Phi) is 7.87. The van der Waals surface area contributed by atoms with Gasteiger partial charge in [0.25, 0.3) is 0 Å². The van der Waals surface area contributed by atoms with Crippen LogP contribution in [0.25, 0.3) is 0 Å². The normalized spacial score (nSPS) is 12.8. The maximum Gasteiger partial charge on any atom is 0.234 e. The number of hydrogen-bond acceptors (Lipinski definition) is 4. The van der Waals surface area contributed by atoms with E-state index in [4.69, 9.17) is 4.74 Å². The van der Waals surface area contributed by atoms with Gasteiger partial charge in [-0.15, -0.1) is 11.3 Å². The highest BCUT2D eigenvalue weighted by Gasteiger charge is 2.22. The molecule has 0 radical (unpaired) electrons. The highest BCUT2D eigenvalue weighted by atomic mass is 32.1. The van der Waals surface area contributed by atoms with Crippen molar-refractivity contribution in [2.75, 3.05) is 13.7 Å². The van der Waals surface area contributed by atoms with Crippen LogP contribution in [0.5, 0.6) is 5.75 Å². The van der Waals surface area contributed by atoms with Gasteiger partial charge >= 0.3 is 0 Å². The average molecular weight is 389 g/mol. The Labute approximate surface area is 167 Å². The van der Waals surface area contributed by atoms with Crippen molar-refractivity contribution in [1.82, 2.24) is 10.2 Å². The van der Waals surface area contributed by atoms with E-state index in [9.17, 15) is 4.79 Å². The molecule has 1 amide bonds. The standard InChI is InChI=1S/C22H32N2O2S/c1-6-22(3,4)23-21(25)16-24(17(2)14-20-8-7-13-27-20)15-18-9-11-19(26-5)12-10-18/h7-13,17H,6,14-16H2,1-5H3,(H,23,25). The van der Waals surface area contributed by atoms with E-state index in [-0.39, 0.29) is 17.5 Å². The van der Waals surface area contributed by atoms with Gasteiger partial charge in [-0.05, 0) is 62.8 Å². The van der Waals surface area contributed by atoms with Crippen LogP contribution >= 0.6 is 11.3 Å². The highest BCUT2D eigenvalue weighted by molar-refractivity contribution is 7.09. The molecule has 1 atom stereocenters. The van der Waals surface area contributed by atoms with Crippen LogP contribution in [-0.2, 0) is 17.8 Å². The van der Waals surface area contributed by atoms with E-state index in [1.807, 2.05) is 12.1 Å². The number of methoxy groups -OCH3 is 1. The molecule has 148 valence electrons. The molecular formula is C22H32N2O2S. The summed E-state index contributed by atoms with van der Waals surface area (Å²) in [6, 6.07) is 12.6. The number of rotatable bonds is 10. The molecule has 1 unspecified atom stereocenters. The van der Waals surface area contributed by atoms with Gasteiger partial charge < -0.3 is 10.1 Å². The molecule has 0 aliphatic heterocycles. The summed E-state index contributed by atoms with van der Waals surface area (Å²) in [7, 11) is 1.67. The highest BCUT2D eigenvalue weighted by Crippen LogP contribution is 2.18. The van der Waals surface area contributed by atoms with Crippen molar-refractivity contribution in [1.29, 1.82) is 0 Å². The summed E-state index contributed by atoms with van der Waals surface area (Å²) >= 11 is 1.77. The molecule has 0 spiro atoms. The van der Waals surface area contributed by atoms with E-state index >= 15 is 0 Å². The summed E-state index contributed by atoms with van der Waals surface area (Å²) in [6.07, 6.45) is 1.85. The summed E-state index contributed by atoms with van der Waals surface area (Å²) in [5.74, 6) is 0.924. The number of amides is 1. The van der Waals surface area contributed by atoms with Crippen molar-refractivity contribution >= 4 is 17.2 Å². The number of hydrogen-bond donors (Lipinski definition) is 1. The zero-order valence-electron chi connectivity index (χ0n) is 17.1. The Morgan fingerprint density at radius 1 is 1.26 bits per heavy atom. The lowest BCUT2D eigenvalue weighted by molar-refractivity contribution is -0.124. The Morgan fingerprint density at radius 2 is 1.96 bits per heavy atom. The monoisotopic (exact) mass is 388 g/mol. The number of thiophene rings is 1. The average Bonchev–Trinajstić information content (AvgIpc) is 3.14. The molecule has 0 aliphatic rings. The molecule has 0 saturated carbocycles. The van der Waals surface area contributed by atoms with Gasteiger partial charge in [0, 0.05) is 23.0 Å². The van der Waals surface area contributed by atoms with Gasteiger partial charge in [-0.1, -0.05) is 25.1 Å². The second-order valence-electron chi connectivity index (χ2n) is 7.67. The third kappa shape index (κ3) is 7.00. The van der Waals surface area contributed by atoms with E-state index < -0.39 is 0 Å². The van der Waals surface area contributed by atoms with Crippen molar-refractivity contribution in [2.45, 2.75) is 58.7 Å². The Hall–Kier alpha value is -1.85. The van der Waals surface area contributed by atoms with Crippen molar-refractivity contribution in [2.24, 2.45) is 0 Å². The maximum absolute atomic E-state index is 12.7. The van der Waals surface area contributed by atoms with Crippen molar-refractivity contribution in [3.05, 3.63) is 52.2 Å². The molecule has 1 aromatic heterocycles. The Bertz CT molecular complexity index is 696. The van der Waals surface area contributed by atoms with Crippen LogP contribution in [0.4, 0.5) is 0 Å².